The molecule has 1 unspecified atom stereocenters. The zero-order chi connectivity index (χ0) is 13.8. The molecule has 2 aromatic rings. The summed E-state index contributed by atoms with van der Waals surface area (Å²) < 4.78 is 13.5. The number of halogens is 2. The van der Waals surface area contributed by atoms with Crippen LogP contribution in [0.3, 0.4) is 0 Å². The molecular formula is C16H17ClFN. The van der Waals surface area contributed by atoms with Crippen molar-refractivity contribution in [3.05, 3.63) is 70.0 Å². The minimum atomic E-state index is -0.372. The SMILES string of the molecule is CNC(Cc1cccc(C)c1)c1ccc(Cl)c(F)c1. The molecule has 100 valence electrons. The molecule has 0 spiro atoms. The Balaban J connectivity index is 2.22. The molecule has 1 N–H and O–H groups in total. The van der Waals surface area contributed by atoms with Crippen molar-refractivity contribution in [1.29, 1.82) is 0 Å². The Kier molecular flexibility index (Phi) is 4.56. The van der Waals surface area contributed by atoms with Gasteiger partial charge in [-0.1, -0.05) is 47.5 Å². The summed E-state index contributed by atoms with van der Waals surface area (Å²) in [4.78, 5) is 0. The third-order valence-corrected chi connectivity index (χ3v) is 3.52. The first-order valence-electron chi connectivity index (χ1n) is 6.28. The summed E-state index contributed by atoms with van der Waals surface area (Å²) in [5, 5.41) is 3.38. The average Bonchev–Trinajstić information content (AvgIpc) is 2.39. The maximum atomic E-state index is 13.5. The lowest BCUT2D eigenvalue weighted by Crippen LogP contribution is -2.19. The van der Waals surface area contributed by atoms with Crippen LogP contribution in [0.15, 0.2) is 42.5 Å². The van der Waals surface area contributed by atoms with Crippen molar-refractivity contribution in [3.63, 3.8) is 0 Å². The summed E-state index contributed by atoms with van der Waals surface area (Å²) in [6.45, 7) is 2.07. The molecule has 0 radical (unpaired) electrons. The van der Waals surface area contributed by atoms with Gasteiger partial charge in [0.2, 0.25) is 0 Å². The number of hydrogen-bond acceptors (Lipinski definition) is 1. The van der Waals surface area contributed by atoms with Gasteiger partial charge < -0.3 is 5.32 Å². The van der Waals surface area contributed by atoms with Crippen LogP contribution in [0.25, 0.3) is 0 Å². The van der Waals surface area contributed by atoms with Gasteiger partial charge in [0.15, 0.2) is 0 Å². The van der Waals surface area contributed by atoms with Gasteiger partial charge in [-0.2, -0.15) is 0 Å². The van der Waals surface area contributed by atoms with Crippen molar-refractivity contribution >= 4 is 11.6 Å². The molecule has 2 aromatic carbocycles. The van der Waals surface area contributed by atoms with Crippen LogP contribution in [0.1, 0.15) is 22.7 Å². The predicted octanol–water partition coefficient (Wildman–Crippen LogP) is 4.29. The van der Waals surface area contributed by atoms with E-state index in [1.165, 1.54) is 17.2 Å². The second kappa shape index (κ2) is 6.18. The molecule has 0 fully saturated rings. The molecule has 1 nitrogen and oxygen atoms in total. The maximum Gasteiger partial charge on any atom is 0.142 e. The second-order valence-corrected chi connectivity index (χ2v) is 5.12. The highest BCUT2D eigenvalue weighted by molar-refractivity contribution is 6.30. The molecule has 1 atom stereocenters. The lowest BCUT2D eigenvalue weighted by Gasteiger charge is -2.17. The summed E-state index contributed by atoms with van der Waals surface area (Å²) in [5.74, 6) is -0.372. The summed E-state index contributed by atoms with van der Waals surface area (Å²) in [6.07, 6.45) is 0.819. The molecule has 3 heteroatoms. The molecule has 0 aliphatic heterocycles. The van der Waals surface area contributed by atoms with E-state index in [1.54, 1.807) is 6.07 Å². The van der Waals surface area contributed by atoms with Crippen molar-refractivity contribution in [2.24, 2.45) is 0 Å². The fourth-order valence-corrected chi connectivity index (χ4v) is 2.31. The van der Waals surface area contributed by atoms with Crippen molar-refractivity contribution in [3.8, 4) is 0 Å². The van der Waals surface area contributed by atoms with Gasteiger partial charge >= 0.3 is 0 Å². The Bertz CT molecular complexity index is 568. The van der Waals surface area contributed by atoms with E-state index in [0.717, 1.165) is 12.0 Å². The van der Waals surface area contributed by atoms with E-state index in [4.69, 9.17) is 11.6 Å². The number of benzene rings is 2. The Morgan fingerprint density at radius 3 is 2.63 bits per heavy atom. The van der Waals surface area contributed by atoms with E-state index in [9.17, 15) is 4.39 Å². The van der Waals surface area contributed by atoms with Crippen LogP contribution in [-0.4, -0.2) is 7.05 Å². The fourth-order valence-electron chi connectivity index (χ4n) is 2.19. The normalized spacial score (nSPS) is 12.4. The van der Waals surface area contributed by atoms with Crippen LogP contribution in [0.5, 0.6) is 0 Å². The van der Waals surface area contributed by atoms with E-state index < -0.39 is 0 Å². The van der Waals surface area contributed by atoms with Gasteiger partial charge in [0, 0.05) is 6.04 Å². The first kappa shape index (κ1) is 14.0. The van der Waals surface area contributed by atoms with Crippen LogP contribution >= 0.6 is 11.6 Å². The monoisotopic (exact) mass is 277 g/mol. The van der Waals surface area contributed by atoms with Gasteiger partial charge in [0.05, 0.1) is 5.02 Å². The minimum Gasteiger partial charge on any atom is -0.313 e. The fraction of sp³-hybridized carbons (Fsp3) is 0.250. The first-order chi connectivity index (χ1) is 9.10. The molecule has 2 rings (SSSR count). The number of nitrogens with one attached hydrogen (secondary N) is 1. The van der Waals surface area contributed by atoms with E-state index in [1.807, 2.05) is 19.2 Å². The Labute approximate surface area is 118 Å². The van der Waals surface area contributed by atoms with Gasteiger partial charge in [-0.05, 0) is 43.7 Å². The third-order valence-electron chi connectivity index (χ3n) is 3.22. The van der Waals surface area contributed by atoms with Crippen LogP contribution < -0.4 is 5.32 Å². The molecular weight excluding hydrogens is 261 g/mol. The van der Waals surface area contributed by atoms with Crippen LogP contribution in [0, 0.1) is 12.7 Å². The number of likely N-dealkylation sites (N-methyl/N-ethyl adjacent to an activating group) is 1. The summed E-state index contributed by atoms with van der Waals surface area (Å²) in [5.41, 5.74) is 3.37. The molecule has 0 bridgehead atoms. The molecule has 0 aromatic heterocycles. The van der Waals surface area contributed by atoms with E-state index >= 15 is 0 Å². The largest absolute Gasteiger partial charge is 0.313 e. The van der Waals surface area contributed by atoms with Gasteiger partial charge in [-0.3, -0.25) is 0 Å². The standard InChI is InChI=1S/C16H17ClFN/c1-11-4-3-5-12(8-11)9-16(19-2)13-6-7-14(17)15(18)10-13/h3-8,10,16,19H,9H2,1-2H3. The molecule has 0 aliphatic rings. The van der Waals surface area contributed by atoms with E-state index in [0.29, 0.717) is 0 Å². The Morgan fingerprint density at radius 1 is 1.21 bits per heavy atom. The minimum absolute atomic E-state index is 0.0774. The first-order valence-corrected chi connectivity index (χ1v) is 6.65. The predicted molar refractivity (Wildman–Crippen MR) is 78.1 cm³/mol. The van der Waals surface area contributed by atoms with Gasteiger partial charge in [-0.25, -0.2) is 4.39 Å². The average molecular weight is 278 g/mol. The van der Waals surface area contributed by atoms with Gasteiger partial charge in [-0.15, -0.1) is 0 Å². The molecule has 0 saturated carbocycles. The molecule has 19 heavy (non-hydrogen) atoms. The van der Waals surface area contributed by atoms with Crippen molar-refractivity contribution in [2.75, 3.05) is 7.05 Å². The lowest BCUT2D eigenvalue weighted by atomic mass is 9.98. The maximum absolute atomic E-state index is 13.5. The Hall–Kier alpha value is -1.38. The third kappa shape index (κ3) is 3.55. The van der Waals surface area contributed by atoms with Crippen LogP contribution in [0.4, 0.5) is 4.39 Å². The van der Waals surface area contributed by atoms with Crippen molar-refractivity contribution in [2.45, 2.75) is 19.4 Å². The number of aryl methyl sites for hydroxylation is 1. The van der Waals surface area contributed by atoms with Crippen LogP contribution in [-0.2, 0) is 6.42 Å². The second-order valence-electron chi connectivity index (χ2n) is 4.71. The summed E-state index contributed by atoms with van der Waals surface area (Å²) in [7, 11) is 1.88. The lowest BCUT2D eigenvalue weighted by molar-refractivity contribution is 0.577. The number of rotatable bonds is 4. The topological polar surface area (TPSA) is 12.0 Å². The zero-order valence-electron chi connectivity index (χ0n) is 11.1. The van der Waals surface area contributed by atoms with Gasteiger partial charge in [0.1, 0.15) is 5.82 Å². The highest BCUT2D eigenvalue weighted by atomic mass is 35.5. The highest BCUT2D eigenvalue weighted by Crippen LogP contribution is 2.23. The number of hydrogen-bond donors (Lipinski definition) is 1. The van der Waals surface area contributed by atoms with Gasteiger partial charge in [0.25, 0.3) is 0 Å². The van der Waals surface area contributed by atoms with Crippen molar-refractivity contribution < 1.29 is 4.39 Å². The zero-order valence-corrected chi connectivity index (χ0v) is 11.8. The molecule has 0 amide bonds. The van der Waals surface area contributed by atoms with E-state index in [-0.39, 0.29) is 16.9 Å². The summed E-state index contributed by atoms with van der Waals surface area (Å²) >= 11 is 5.71. The Morgan fingerprint density at radius 2 is 2.00 bits per heavy atom. The van der Waals surface area contributed by atoms with Crippen molar-refractivity contribution in [1.82, 2.24) is 5.32 Å². The molecule has 0 heterocycles. The van der Waals surface area contributed by atoms with E-state index in [2.05, 4.69) is 30.4 Å². The highest BCUT2D eigenvalue weighted by Gasteiger charge is 2.12. The smallest absolute Gasteiger partial charge is 0.142 e. The summed E-state index contributed by atoms with van der Waals surface area (Å²) in [6, 6.07) is 13.4. The van der Waals surface area contributed by atoms with Crippen LogP contribution in [0.2, 0.25) is 5.02 Å². The quantitative estimate of drug-likeness (QED) is 0.879. The molecule has 0 aliphatic carbocycles. The molecule has 0 saturated heterocycles.